The molecule has 0 amide bonds. The van der Waals surface area contributed by atoms with E-state index in [-0.39, 0.29) is 0 Å². The van der Waals surface area contributed by atoms with Crippen LogP contribution in [0.15, 0.2) is 0 Å². The van der Waals surface area contributed by atoms with Crippen molar-refractivity contribution in [2.75, 3.05) is 0 Å². The summed E-state index contributed by atoms with van der Waals surface area (Å²) in [6.45, 7) is 5.82. The standard InChI is InChI=1S/C8H11NO/c1-5-6(2)9-7(3)8(5)4-10/h4,9H,1-3H3. The molecule has 0 bridgehead atoms. The van der Waals surface area contributed by atoms with Crippen molar-refractivity contribution in [2.45, 2.75) is 20.8 Å². The number of carbonyl (C=O) groups is 1. The molecular formula is C8H11NO. The summed E-state index contributed by atoms with van der Waals surface area (Å²) in [5.74, 6) is 0. The topological polar surface area (TPSA) is 32.9 Å². The summed E-state index contributed by atoms with van der Waals surface area (Å²) in [5.41, 5.74) is 3.91. The van der Waals surface area contributed by atoms with E-state index in [9.17, 15) is 4.79 Å². The second-order valence-electron chi connectivity index (χ2n) is 2.53. The molecule has 0 aromatic carbocycles. The number of hydrogen-bond acceptors (Lipinski definition) is 1. The summed E-state index contributed by atoms with van der Waals surface area (Å²) in [6, 6.07) is 0. The molecule has 1 aromatic heterocycles. The van der Waals surface area contributed by atoms with Crippen LogP contribution in [0.25, 0.3) is 0 Å². The number of carbonyl (C=O) groups excluding carboxylic acids is 1. The van der Waals surface area contributed by atoms with Crippen LogP contribution < -0.4 is 0 Å². The van der Waals surface area contributed by atoms with E-state index in [1.54, 1.807) is 0 Å². The fourth-order valence-corrected chi connectivity index (χ4v) is 1.10. The lowest BCUT2D eigenvalue weighted by atomic mass is 10.1. The first-order valence-corrected chi connectivity index (χ1v) is 3.27. The zero-order valence-electron chi connectivity index (χ0n) is 6.49. The van der Waals surface area contributed by atoms with Gasteiger partial charge in [0.15, 0.2) is 6.29 Å². The number of aryl methyl sites for hydroxylation is 2. The quantitative estimate of drug-likeness (QED) is 0.588. The molecule has 0 aliphatic carbocycles. The Labute approximate surface area is 60.3 Å². The Morgan fingerprint density at radius 1 is 1.20 bits per heavy atom. The Kier molecular flexibility index (Phi) is 1.62. The van der Waals surface area contributed by atoms with Crippen LogP contribution in [0, 0.1) is 20.8 Å². The van der Waals surface area contributed by atoms with Crippen molar-refractivity contribution >= 4 is 6.29 Å². The van der Waals surface area contributed by atoms with Crippen LogP contribution in [-0.2, 0) is 0 Å². The van der Waals surface area contributed by atoms with Crippen LogP contribution in [0.5, 0.6) is 0 Å². The fraction of sp³-hybridized carbons (Fsp3) is 0.375. The average Bonchev–Trinajstić information content (AvgIpc) is 2.09. The van der Waals surface area contributed by atoms with Crippen LogP contribution in [0.4, 0.5) is 0 Å². The van der Waals surface area contributed by atoms with Gasteiger partial charge >= 0.3 is 0 Å². The van der Waals surface area contributed by atoms with Gasteiger partial charge in [0.25, 0.3) is 0 Å². The molecule has 10 heavy (non-hydrogen) atoms. The van der Waals surface area contributed by atoms with Crippen molar-refractivity contribution in [1.29, 1.82) is 0 Å². The van der Waals surface area contributed by atoms with E-state index < -0.39 is 0 Å². The molecule has 2 heteroatoms. The fourth-order valence-electron chi connectivity index (χ4n) is 1.10. The summed E-state index contributed by atoms with van der Waals surface area (Å²) in [6.07, 6.45) is 0.897. The number of aldehydes is 1. The van der Waals surface area contributed by atoms with Crippen molar-refractivity contribution in [2.24, 2.45) is 0 Å². The third-order valence-electron chi connectivity index (χ3n) is 1.86. The normalized spacial score (nSPS) is 9.90. The SMILES string of the molecule is Cc1[nH]c(C)c(C=O)c1C. The number of nitrogens with one attached hydrogen (secondary N) is 1. The van der Waals surface area contributed by atoms with Crippen molar-refractivity contribution in [3.05, 3.63) is 22.5 Å². The molecule has 2 nitrogen and oxygen atoms in total. The van der Waals surface area contributed by atoms with Gasteiger partial charge in [-0.05, 0) is 26.3 Å². The lowest BCUT2D eigenvalue weighted by Gasteiger charge is -1.87. The van der Waals surface area contributed by atoms with Gasteiger partial charge in [0.05, 0.1) is 0 Å². The molecule has 0 atom stereocenters. The summed E-state index contributed by atoms with van der Waals surface area (Å²) < 4.78 is 0. The zero-order chi connectivity index (χ0) is 7.72. The van der Waals surface area contributed by atoms with E-state index in [1.807, 2.05) is 20.8 Å². The molecule has 54 valence electrons. The van der Waals surface area contributed by atoms with Gasteiger partial charge in [0.2, 0.25) is 0 Å². The molecule has 0 unspecified atom stereocenters. The highest BCUT2D eigenvalue weighted by atomic mass is 16.1. The highest BCUT2D eigenvalue weighted by Crippen LogP contribution is 2.13. The third-order valence-corrected chi connectivity index (χ3v) is 1.86. The van der Waals surface area contributed by atoms with Gasteiger partial charge in [-0.2, -0.15) is 0 Å². The molecule has 1 rings (SSSR count). The molecule has 0 fully saturated rings. The largest absolute Gasteiger partial charge is 0.362 e. The molecular weight excluding hydrogens is 126 g/mol. The van der Waals surface area contributed by atoms with Crippen LogP contribution in [0.1, 0.15) is 27.3 Å². The molecule has 0 aliphatic heterocycles. The van der Waals surface area contributed by atoms with Gasteiger partial charge in [-0.3, -0.25) is 4.79 Å². The minimum absolute atomic E-state index is 0.803. The van der Waals surface area contributed by atoms with Crippen molar-refractivity contribution in [3.63, 3.8) is 0 Å². The highest BCUT2D eigenvalue weighted by molar-refractivity contribution is 5.79. The number of aromatic amines is 1. The van der Waals surface area contributed by atoms with E-state index >= 15 is 0 Å². The highest BCUT2D eigenvalue weighted by Gasteiger charge is 2.05. The molecule has 1 N–H and O–H groups in total. The van der Waals surface area contributed by atoms with Crippen molar-refractivity contribution < 1.29 is 4.79 Å². The summed E-state index contributed by atoms with van der Waals surface area (Å²) >= 11 is 0. The Hall–Kier alpha value is -1.05. The zero-order valence-corrected chi connectivity index (χ0v) is 6.49. The van der Waals surface area contributed by atoms with Gasteiger partial charge < -0.3 is 4.98 Å². The average molecular weight is 137 g/mol. The maximum Gasteiger partial charge on any atom is 0.152 e. The molecule has 1 aromatic rings. The Morgan fingerprint density at radius 2 is 1.80 bits per heavy atom. The van der Waals surface area contributed by atoms with Crippen LogP contribution in [0.2, 0.25) is 0 Å². The van der Waals surface area contributed by atoms with Crippen LogP contribution in [0.3, 0.4) is 0 Å². The van der Waals surface area contributed by atoms with Crippen LogP contribution >= 0.6 is 0 Å². The second-order valence-corrected chi connectivity index (χ2v) is 2.53. The maximum atomic E-state index is 10.4. The van der Waals surface area contributed by atoms with Gasteiger partial charge in [0.1, 0.15) is 0 Å². The Morgan fingerprint density at radius 3 is 2.00 bits per heavy atom. The monoisotopic (exact) mass is 137 g/mol. The first-order chi connectivity index (χ1) is 4.66. The molecule has 0 saturated heterocycles. The number of H-pyrrole nitrogens is 1. The minimum atomic E-state index is 0.803. The van der Waals surface area contributed by atoms with Gasteiger partial charge in [0, 0.05) is 17.0 Å². The number of rotatable bonds is 1. The first-order valence-electron chi connectivity index (χ1n) is 3.27. The van der Waals surface area contributed by atoms with E-state index in [4.69, 9.17) is 0 Å². The van der Waals surface area contributed by atoms with Gasteiger partial charge in [-0.25, -0.2) is 0 Å². The third kappa shape index (κ3) is 0.856. The van der Waals surface area contributed by atoms with E-state index in [1.165, 1.54) is 0 Å². The minimum Gasteiger partial charge on any atom is -0.362 e. The molecule has 0 saturated carbocycles. The summed E-state index contributed by atoms with van der Waals surface area (Å²) in [7, 11) is 0. The lowest BCUT2D eigenvalue weighted by Crippen LogP contribution is -1.82. The van der Waals surface area contributed by atoms with E-state index in [2.05, 4.69) is 4.98 Å². The van der Waals surface area contributed by atoms with E-state index in [0.29, 0.717) is 0 Å². The molecule has 0 aliphatic rings. The Balaban J connectivity index is 3.33. The lowest BCUT2D eigenvalue weighted by molar-refractivity contribution is 0.112. The van der Waals surface area contributed by atoms with Crippen molar-refractivity contribution in [1.82, 2.24) is 4.98 Å². The van der Waals surface area contributed by atoms with Crippen LogP contribution in [-0.4, -0.2) is 11.3 Å². The Bertz CT molecular complexity index is 260. The number of aromatic nitrogens is 1. The predicted octanol–water partition coefficient (Wildman–Crippen LogP) is 1.75. The van der Waals surface area contributed by atoms with Crippen molar-refractivity contribution in [3.8, 4) is 0 Å². The van der Waals surface area contributed by atoms with E-state index in [0.717, 1.165) is 28.8 Å². The summed E-state index contributed by atoms with van der Waals surface area (Å²) in [5, 5.41) is 0. The molecule has 1 heterocycles. The predicted molar refractivity (Wildman–Crippen MR) is 40.4 cm³/mol. The smallest absolute Gasteiger partial charge is 0.152 e. The van der Waals surface area contributed by atoms with Gasteiger partial charge in [-0.1, -0.05) is 0 Å². The molecule has 0 radical (unpaired) electrons. The first kappa shape index (κ1) is 7.06. The van der Waals surface area contributed by atoms with Gasteiger partial charge in [-0.15, -0.1) is 0 Å². The summed E-state index contributed by atoms with van der Waals surface area (Å²) in [4.78, 5) is 13.5. The second kappa shape index (κ2) is 2.29. The number of hydrogen-bond donors (Lipinski definition) is 1. The molecule has 0 spiro atoms. The maximum absolute atomic E-state index is 10.4.